The van der Waals surface area contributed by atoms with Gasteiger partial charge in [0.1, 0.15) is 0 Å². The van der Waals surface area contributed by atoms with Gasteiger partial charge in [-0.1, -0.05) is 0 Å². The first-order valence-electron chi connectivity index (χ1n) is 7.36. The molecule has 3 rings (SSSR count). The number of rotatable bonds is 1. The van der Waals surface area contributed by atoms with E-state index < -0.39 is 0 Å². The molecule has 19 heavy (non-hydrogen) atoms. The number of hydrogen-bond donors (Lipinski definition) is 2. The van der Waals surface area contributed by atoms with Gasteiger partial charge in [0.15, 0.2) is 0 Å². The molecule has 1 amide bonds. The number of carbonyl (C=O) groups is 1. The van der Waals surface area contributed by atoms with Crippen LogP contribution < -0.4 is 5.32 Å². The van der Waals surface area contributed by atoms with E-state index in [4.69, 9.17) is 0 Å². The summed E-state index contributed by atoms with van der Waals surface area (Å²) in [6.07, 6.45) is 6.02. The summed E-state index contributed by atoms with van der Waals surface area (Å²) >= 11 is 0. The molecule has 0 atom stereocenters. The molecule has 3 fully saturated rings. The fourth-order valence-electron chi connectivity index (χ4n) is 3.87. The van der Waals surface area contributed by atoms with Crippen LogP contribution >= 0.6 is 12.4 Å². The molecule has 0 aromatic carbocycles. The highest BCUT2D eigenvalue weighted by molar-refractivity contribution is 5.85. The van der Waals surface area contributed by atoms with Crippen LogP contribution in [-0.4, -0.2) is 48.2 Å². The van der Waals surface area contributed by atoms with Gasteiger partial charge >= 0.3 is 0 Å². The predicted molar refractivity (Wildman–Crippen MR) is 76.3 cm³/mol. The summed E-state index contributed by atoms with van der Waals surface area (Å²) in [4.78, 5) is 14.3. The molecule has 2 saturated heterocycles. The summed E-state index contributed by atoms with van der Waals surface area (Å²) in [5.74, 6) is 0.629. The lowest BCUT2D eigenvalue weighted by atomic mass is 9.57. The van der Waals surface area contributed by atoms with Crippen LogP contribution in [0.2, 0.25) is 0 Å². The molecule has 0 aromatic rings. The number of piperidine rings is 2. The summed E-state index contributed by atoms with van der Waals surface area (Å²) in [5.41, 5.74) is 0.487. The third-order valence-electron chi connectivity index (χ3n) is 5.15. The Bertz CT molecular complexity index is 315. The highest BCUT2D eigenvalue weighted by Crippen LogP contribution is 2.52. The average Bonchev–Trinajstić information content (AvgIpc) is 2.37. The standard InChI is InChI=1S/C14H24N2O2.ClH/c17-12-1-7-16(8-2-12)13(18)11-9-14(10-11)3-5-15-6-4-14;/h11-12,15,17H,1-10H2;1H. The van der Waals surface area contributed by atoms with Crippen molar-refractivity contribution in [2.45, 2.75) is 44.6 Å². The monoisotopic (exact) mass is 288 g/mol. The number of amides is 1. The van der Waals surface area contributed by atoms with Gasteiger partial charge < -0.3 is 15.3 Å². The van der Waals surface area contributed by atoms with Gasteiger partial charge in [-0.05, 0) is 57.0 Å². The molecule has 2 N–H and O–H groups in total. The van der Waals surface area contributed by atoms with E-state index in [9.17, 15) is 9.90 Å². The van der Waals surface area contributed by atoms with Crippen molar-refractivity contribution in [3.8, 4) is 0 Å². The van der Waals surface area contributed by atoms with Crippen molar-refractivity contribution in [2.75, 3.05) is 26.2 Å². The number of nitrogens with zero attached hydrogens (tertiary/aromatic N) is 1. The molecular weight excluding hydrogens is 264 g/mol. The van der Waals surface area contributed by atoms with Crippen LogP contribution in [0.1, 0.15) is 38.5 Å². The molecule has 4 nitrogen and oxygen atoms in total. The van der Waals surface area contributed by atoms with E-state index in [0.29, 0.717) is 11.3 Å². The Labute approximate surface area is 121 Å². The van der Waals surface area contributed by atoms with Gasteiger partial charge in [0.05, 0.1) is 6.10 Å². The second-order valence-corrected chi connectivity index (χ2v) is 6.41. The third-order valence-corrected chi connectivity index (χ3v) is 5.15. The number of halogens is 1. The number of aliphatic hydroxyl groups excluding tert-OH is 1. The van der Waals surface area contributed by atoms with Crippen molar-refractivity contribution in [1.82, 2.24) is 10.2 Å². The molecule has 2 aliphatic heterocycles. The first-order chi connectivity index (χ1) is 8.69. The van der Waals surface area contributed by atoms with Gasteiger partial charge in [0.2, 0.25) is 5.91 Å². The number of nitrogens with one attached hydrogen (secondary N) is 1. The van der Waals surface area contributed by atoms with E-state index in [1.54, 1.807) is 0 Å². The lowest BCUT2D eigenvalue weighted by molar-refractivity contribution is -0.146. The fraction of sp³-hybridized carbons (Fsp3) is 0.929. The lowest BCUT2D eigenvalue weighted by Gasteiger charge is -2.51. The summed E-state index contributed by atoms with van der Waals surface area (Å²) in [7, 11) is 0. The van der Waals surface area contributed by atoms with Gasteiger partial charge in [-0.25, -0.2) is 0 Å². The van der Waals surface area contributed by atoms with E-state index in [0.717, 1.165) is 51.9 Å². The number of aliphatic hydroxyl groups is 1. The third kappa shape index (κ3) is 3.06. The van der Waals surface area contributed by atoms with Crippen molar-refractivity contribution in [2.24, 2.45) is 11.3 Å². The fourth-order valence-corrected chi connectivity index (χ4v) is 3.87. The Morgan fingerprint density at radius 3 is 2.32 bits per heavy atom. The van der Waals surface area contributed by atoms with Crippen molar-refractivity contribution in [3.05, 3.63) is 0 Å². The van der Waals surface area contributed by atoms with Gasteiger partial charge in [0.25, 0.3) is 0 Å². The van der Waals surface area contributed by atoms with Gasteiger partial charge in [-0.2, -0.15) is 0 Å². The van der Waals surface area contributed by atoms with Gasteiger partial charge in [-0.3, -0.25) is 4.79 Å². The molecule has 2 heterocycles. The second-order valence-electron chi connectivity index (χ2n) is 6.41. The number of hydrogen-bond acceptors (Lipinski definition) is 3. The van der Waals surface area contributed by atoms with E-state index in [1.807, 2.05) is 4.90 Å². The van der Waals surface area contributed by atoms with E-state index in [2.05, 4.69) is 5.32 Å². The van der Waals surface area contributed by atoms with Gasteiger partial charge in [0, 0.05) is 19.0 Å². The zero-order valence-corrected chi connectivity index (χ0v) is 12.3. The molecule has 0 aromatic heterocycles. The Morgan fingerprint density at radius 2 is 1.74 bits per heavy atom. The van der Waals surface area contributed by atoms with Gasteiger partial charge in [-0.15, -0.1) is 12.4 Å². The smallest absolute Gasteiger partial charge is 0.225 e. The van der Waals surface area contributed by atoms with Crippen LogP contribution in [0.25, 0.3) is 0 Å². The van der Waals surface area contributed by atoms with Crippen molar-refractivity contribution >= 4 is 18.3 Å². The maximum Gasteiger partial charge on any atom is 0.225 e. The van der Waals surface area contributed by atoms with Crippen LogP contribution in [0.3, 0.4) is 0 Å². The molecule has 1 aliphatic carbocycles. The SMILES string of the molecule is Cl.O=C(C1CC2(CCNCC2)C1)N1CCC(O)CC1. The Hall–Kier alpha value is -0.320. The van der Waals surface area contributed by atoms with Crippen molar-refractivity contribution < 1.29 is 9.90 Å². The van der Waals surface area contributed by atoms with E-state index >= 15 is 0 Å². The summed E-state index contributed by atoms with van der Waals surface area (Å²) in [6, 6.07) is 0. The van der Waals surface area contributed by atoms with Crippen molar-refractivity contribution in [3.63, 3.8) is 0 Å². The summed E-state index contributed by atoms with van der Waals surface area (Å²) in [5, 5.41) is 12.9. The second kappa shape index (κ2) is 5.98. The first kappa shape index (κ1) is 15.1. The minimum atomic E-state index is -0.189. The summed E-state index contributed by atoms with van der Waals surface area (Å²) < 4.78 is 0. The minimum absolute atomic E-state index is 0. The van der Waals surface area contributed by atoms with Crippen LogP contribution in [0.5, 0.6) is 0 Å². The number of likely N-dealkylation sites (tertiary alicyclic amines) is 1. The number of carbonyl (C=O) groups excluding carboxylic acids is 1. The average molecular weight is 289 g/mol. The normalized spacial score (nSPS) is 27.7. The van der Waals surface area contributed by atoms with Crippen LogP contribution in [0.4, 0.5) is 0 Å². The highest BCUT2D eigenvalue weighted by atomic mass is 35.5. The first-order valence-corrected chi connectivity index (χ1v) is 7.36. The topological polar surface area (TPSA) is 52.6 Å². The molecule has 1 saturated carbocycles. The Morgan fingerprint density at radius 1 is 1.16 bits per heavy atom. The van der Waals surface area contributed by atoms with Crippen molar-refractivity contribution in [1.29, 1.82) is 0 Å². The maximum atomic E-state index is 12.3. The lowest BCUT2D eigenvalue weighted by Crippen LogP contribution is -2.52. The molecule has 3 aliphatic rings. The van der Waals surface area contributed by atoms with E-state index in [1.165, 1.54) is 12.8 Å². The zero-order valence-electron chi connectivity index (χ0n) is 11.4. The molecular formula is C14H25ClN2O2. The minimum Gasteiger partial charge on any atom is -0.393 e. The molecule has 0 unspecified atom stereocenters. The molecule has 5 heteroatoms. The van der Waals surface area contributed by atoms with Crippen LogP contribution in [0, 0.1) is 11.3 Å². The maximum absolute atomic E-state index is 12.3. The zero-order chi connectivity index (χ0) is 12.6. The molecule has 0 bridgehead atoms. The van der Waals surface area contributed by atoms with Crippen LogP contribution in [-0.2, 0) is 4.79 Å². The molecule has 0 radical (unpaired) electrons. The predicted octanol–water partition coefficient (Wildman–Crippen LogP) is 1.17. The Balaban J connectivity index is 0.00000133. The largest absolute Gasteiger partial charge is 0.393 e. The quantitative estimate of drug-likeness (QED) is 0.762. The summed E-state index contributed by atoms with van der Waals surface area (Å²) in [6.45, 7) is 3.75. The highest BCUT2D eigenvalue weighted by Gasteiger charge is 2.48. The van der Waals surface area contributed by atoms with E-state index in [-0.39, 0.29) is 24.4 Å². The molecule has 110 valence electrons. The van der Waals surface area contributed by atoms with Crippen LogP contribution in [0.15, 0.2) is 0 Å². The Kier molecular flexibility index (Phi) is 4.75. The molecule has 1 spiro atoms.